The molecule has 1 aromatic heterocycles. The monoisotopic (exact) mass is 536 g/mol. The minimum absolute atomic E-state index is 0.0667. The molecule has 10 heteroatoms. The van der Waals surface area contributed by atoms with Gasteiger partial charge in [-0.15, -0.1) is 11.3 Å². The Morgan fingerprint density at radius 1 is 1.09 bits per heavy atom. The van der Waals surface area contributed by atoms with E-state index in [4.69, 9.17) is 14.6 Å². The smallest absolute Gasteiger partial charge is 0.294 e. The van der Waals surface area contributed by atoms with Gasteiger partial charge >= 0.3 is 0 Å². The van der Waals surface area contributed by atoms with Crippen LogP contribution in [0, 0.1) is 10.1 Å². The first kappa shape index (κ1) is 22.1. The number of nitro benzene ring substituents is 1. The van der Waals surface area contributed by atoms with Gasteiger partial charge in [0.25, 0.3) is 5.69 Å². The van der Waals surface area contributed by atoms with Gasteiger partial charge in [0.2, 0.25) is 11.6 Å². The molecule has 0 atom stereocenters. The lowest BCUT2D eigenvalue weighted by molar-refractivity contribution is -0.384. The van der Waals surface area contributed by atoms with Crippen LogP contribution in [0.3, 0.4) is 0 Å². The van der Waals surface area contributed by atoms with Crippen LogP contribution in [0.15, 0.2) is 86.7 Å². The van der Waals surface area contributed by atoms with Gasteiger partial charge in [0, 0.05) is 27.0 Å². The molecule has 34 heavy (non-hydrogen) atoms. The third kappa shape index (κ3) is 4.37. The highest BCUT2D eigenvalue weighted by molar-refractivity contribution is 9.10. The number of thiazole rings is 1. The van der Waals surface area contributed by atoms with Crippen LogP contribution in [-0.4, -0.2) is 22.1 Å². The topological polar surface area (TPSA) is 91.2 Å². The summed E-state index contributed by atoms with van der Waals surface area (Å²) in [6.45, 7) is 2.09. The van der Waals surface area contributed by atoms with Crippen LogP contribution in [0.2, 0.25) is 0 Å². The van der Waals surface area contributed by atoms with E-state index in [2.05, 4.69) is 20.9 Å². The van der Waals surface area contributed by atoms with Crippen molar-refractivity contribution in [2.75, 3.05) is 6.79 Å². The maximum absolute atomic E-state index is 11.5. The highest BCUT2D eigenvalue weighted by Crippen LogP contribution is 2.33. The van der Waals surface area contributed by atoms with E-state index in [0.29, 0.717) is 16.3 Å². The Hall–Kier alpha value is -3.76. The predicted octanol–water partition coefficient (Wildman–Crippen LogP) is 6.12. The van der Waals surface area contributed by atoms with Crippen LogP contribution in [0.5, 0.6) is 11.5 Å². The fraction of sp³-hybridized carbons (Fsp3) is 0.0833. The second kappa shape index (κ2) is 9.24. The van der Waals surface area contributed by atoms with Crippen molar-refractivity contribution in [2.24, 2.45) is 10.1 Å². The highest BCUT2D eigenvalue weighted by Gasteiger charge is 2.16. The molecule has 170 valence electrons. The minimum atomic E-state index is -0.437. The van der Waals surface area contributed by atoms with Gasteiger partial charge < -0.3 is 9.47 Å². The summed E-state index contributed by atoms with van der Waals surface area (Å²) >= 11 is 4.88. The van der Waals surface area contributed by atoms with Gasteiger partial charge in [-0.1, -0.05) is 40.2 Å². The highest BCUT2D eigenvalue weighted by atomic mass is 79.9. The lowest BCUT2D eigenvalue weighted by Gasteiger charge is -2.07. The molecule has 1 aliphatic heterocycles. The van der Waals surface area contributed by atoms with E-state index < -0.39 is 4.92 Å². The molecular formula is C24H17BrN4O4S. The number of halogens is 1. The lowest BCUT2D eigenvalue weighted by atomic mass is 10.1. The Kier molecular flexibility index (Phi) is 5.99. The third-order valence-corrected chi connectivity index (χ3v) is 6.45. The van der Waals surface area contributed by atoms with Crippen LogP contribution >= 0.6 is 27.3 Å². The molecule has 0 bridgehead atoms. The standard InChI is InChI=1S/C24H17BrN4O4S/c1-15(16-9-10-22-23(12-16)33-14-32-22)27-28-21(17-5-4-6-18(25)11-17)13-34-24(28)26-19-7-2-3-8-20(19)29(30)31/h2-13H,14H2,1H3. The molecule has 0 aliphatic carbocycles. The molecule has 3 aromatic carbocycles. The van der Waals surface area contributed by atoms with Crippen molar-refractivity contribution >= 4 is 44.4 Å². The van der Waals surface area contributed by atoms with Gasteiger partial charge in [-0.2, -0.15) is 5.10 Å². The summed E-state index contributed by atoms with van der Waals surface area (Å²) in [7, 11) is 0. The number of ether oxygens (including phenoxy) is 2. The summed E-state index contributed by atoms with van der Waals surface area (Å²) in [5, 5.41) is 18.3. The summed E-state index contributed by atoms with van der Waals surface area (Å²) in [5.41, 5.74) is 3.51. The average molecular weight is 537 g/mol. The Bertz CT molecular complexity index is 1510. The number of nitro groups is 1. The van der Waals surface area contributed by atoms with E-state index in [-0.39, 0.29) is 18.2 Å². The predicted molar refractivity (Wildman–Crippen MR) is 134 cm³/mol. The number of aromatic nitrogens is 1. The lowest BCUT2D eigenvalue weighted by Crippen LogP contribution is -2.14. The third-order valence-electron chi connectivity index (χ3n) is 5.14. The molecule has 0 N–H and O–H groups in total. The average Bonchev–Trinajstić information content (AvgIpc) is 3.46. The molecule has 0 amide bonds. The summed E-state index contributed by atoms with van der Waals surface area (Å²) in [6, 6.07) is 19.9. The number of benzene rings is 3. The quantitative estimate of drug-likeness (QED) is 0.174. The van der Waals surface area contributed by atoms with Crippen molar-refractivity contribution in [2.45, 2.75) is 6.92 Å². The summed E-state index contributed by atoms with van der Waals surface area (Å²) < 4.78 is 13.5. The molecule has 0 spiro atoms. The van der Waals surface area contributed by atoms with Crippen LogP contribution < -0.4 is 14.3 Å². The van der Waals surface area contributed by atoms with Crippen LogP contribution in [0.25, 0.3) is 11.3 Å². The van der Waals surface area contributed by atoms with Gasteiger partial charge in [-0.25, -0.2) is 9.67 Å². The van der Waals surface area contributed by atoms with Gasteiger partial charge in [-0.05, 0) is 43.3 Å². The maximum Gasteiger partial charge on any atom is 0.294 e. The normalized spacial score (nSPS) is 13.4. The summed E-state index contributed by atoms with van der Waals surface area (Å²) in [6.07, 6.45) is 0. The van der Waals surface area contributed by atoms with Crippen molar-refractivity contribution in [3.05, 3.63) is 97.1 Å². The first-order chi connectivity index (χ1) is 16.5. The molecule has 5 rings (SSSR count). The Labute approximate surface area is 206 Å². The van der Waals surface area contributed by atoms with Crippen molar-refractivity contribution in [1.82, 2.24) is 4.68 Å². The van der Waals surface area contributed by atoms with Gasteiger partial charge in [0.1, 0.15) is 5.69 Å². The largest absolute Gasteiger partial charge is 0.454 e. The Morgan fingerprint density at radius 2 is 1.91 bits per heavy atom. The zero-order valence-electron chi connectivity index (χ0n) is 17.8. The van der Waals surface area contributed by atoms with Crippen molar-refractivity contribution in [3.63, 3.8) is 0 Å². The Balaban J connectivity index is 1.69. The molecule has 4 aromatic rings. The molecule has 0 saturated heterocycles. The number of hydrogen-bond donors (Lipinski definition) is 0. The first-order valence-corrected chi connectivity index (χ1v) is 11.9. The molecule has 2 heterocycles. The van der Waals surface area contributed by atoms with E-state index in [0.717, 1.165) is 27.0 Å². The van der Waals surface area contributed by atoms with Crippen molar-refractivity contribution in [3.8, 4) is 22.8 Å². The summed E-state index contributed by atoms with van der Waals surface area (Å²) in [5.74, 6) is 1.36. The van der Waals surface area contributed by atoms with E-state index in [1.807, 2.05) is 54.8 Å². The van der Waals surface area contributed by atoms with Crippen LogP contribution in [0.1, 0.15) is 12.5 Å². The zero-order valence-corrected chi connectivity index (χ0v) is 20.2. The number of nitrogens with zero attached hydrogens (tertiary/aromatic N) is 4. The number of rotatable bonds is 5. The van der Waals surface area contributed by atoms with E-state index in [1.54, 1.807) is 22.9 Å². The molecule has 1 aliphatic rings. The summed E-state index contributed by atoms with van der Waals surface area (Å²) in [4.78, 5) is 16.2. The number of hydrogen-bond acceptors (Lipinski definition) is 7. The van der Waals surface area contributed by atoms with Crippen molar-refractivity contribution in [1.29, 1.82) is 0 Å². The van der Waals surface area contributed by atoms with Gasteiger partial charge in [0.05, 0.1) is 16.3 Å². The van der Waals surface area contributed by atoms with Crippen LogP contribution in [0.4, 0.5) is 11.4 Å². The maximum atomic E-state index is 11.5. The first-order valence-electron chi connectivity index (χ1n) is 10.2. The number of para-hydroxylation sites is 2. The Morgan fingerprint density at radius 3 is 2.74 bits per heavy atom. The SMILES string of the molecule is CC(=Nn1c(-c2cccc(Br)c2)csc1=Nc1ccccc1[N+](=O)[O-])c1ccc2c(c1)OCO2. The molecule has 0 fully saturated rings. The molecule has 8 nitrogen and oxygen atoms in total. The van der Waals surface area contributed by atoms with Gasteiger partial charge in [0.15, 0.2) is 11.5 Å². The van der Waals surface area contributed by atoms with E-state index in [9.17, 15) is 10.1 Å². The molecule has 0 unspecified atom stereocenters. The van der Waals surface area contributed by atoms with E-state index in [1.165, 1.54) is 17.4 Å². The second-order valence-electron chi connectivity index (χ2n) is 7.34. The van der Waals surface area contributed by atoms with Crippen molar-refractivity contribution < 1.29 is 14.4 Å². The molecule has 0 saturated carbocycles. The van der Waals surface area contributed by atoms with Gasteiger partial charge in [-0.3, -0.25) is 10.1 Å². The minimum Gasteiger partial charge on any atom is -0.454 e. The fourth-order valence-electron chi connectivity index (χ4n) is 3.47. The second-order valence-corrected chi connectivity index (χ2v) is 9.09. The zero-order chi connectivity index (χ0) is 23.7. The molecule has 0 radical (unpaired) electrons. The number of fused-ring (bicyclic) bond motifs is 1. The fourth-order valence-corrected chi connectivity index (χ4v) is 4.71. The van der Waals surface area contributed by atoms with Crippen LogP contribution in [-0.2, 0) is 0 Å². The molecular weight excluding hydrogens is 520 g/mol. The van der Waals surface area contributed by atoms with E-state index >= 15 is 0 Å².